The van der Waals surface area contributed by atoms with E-state index in [0.29, 0.717) is 21.0 Å². The fourth-order valence-electron chi connectivity index (χ4n) is 1.37. The molecule has 86 valence electrons. The zero-order valence-corrected chi connectivity index (χ0v) is 9.56. The molecule has 2 aromatic carbocycles. The van der Waals surface area contributed by atoms with Crippen molar-refractivity contribution in [3.8, 4) is 0 Å². The third-order valence-corrected chi connectivity index (χ3v) is 2.59. The van der Waals surface area contributed by atoms with Crippen LogP contribution in [0.4, 0.5) is 10.1 Å². The van der Waals surface area contributed by atoms with Crippen molar-refractivity contribution in [3.05, 3.63) is 70.1 Å². The summed E-state index contributed by atoms with van der Waals surface area (Å²) in [5.41, 5.74) is 0.972. The van der Waals surface area contributed by atoms with Crippen molar-refractivity contribution in [3.63, 3.8) is 0 Å². The van der Waals surface area contributed by atoms with E-state index >= 15 is 0 Å². The van der Waals surface area contributed by atoms with Crippen molar-refractivity contribution in [1.29, 1.82) is 0 Å². The highest BCUT2D eigenvalue weighted by molar-refractivity contribution is 6.32. The molecule has 0 aromatic heterocycles. The number of halogens is 2. The van der Waals surface area contributed by atoms with Crippen molar-refractivity contribution in [2.45, 2.75) is 0 Å². The lowest BCUT2D eigenvalue weighted by atomic mass is 10.2. The van der Waals surface area contributed by atoms with Gasteiger partial charge in [0, 0.05) is 12.1 Å². The number of hydrogen-bond donors (Lipinski definition) is 0. The molecule has 0 atom stereocenters. The van der Waals surface area contributed by atoms with Crippen LogP contribution in [0.25, 0.3) is 0 Å². The Hall–Kier alpha value is -1.87. The van der Waals surface area contributed by atoms with Crippen LogP contribution >= 0.6 is 11.6 Å². The third kappa shape index (κ3) is 2.82. The van der Waals surface area contributed by atoms with Gasteiger partial charge in [-0.25, -0.2) is 4.39 Å². The molecule has 2 nitrogen and oxygen atoms in total. The maximum absolute atomic E-state index is 12.7. The fourth-order valence-corrected chi connectivity index (χ4v) is 1.55. The first kappa shape index (κ1) is 11.6. The lowest BCUT2D eigenvalue weighted by Gasteiger charge is -2.03. The van der Waals surface area contributed by atoms with E-state index in [9.17, 15) is 9.60 Å². The highest BCUT2D eigenvalue weighted by atomic mass is 35.5. The molecule has 0 unspecified atom stereocenters. The van der Waals surface area contributed by atoms with Crippen LogP contribution in [-0.2, 0) is 0 Å². The molecule has 0 saturated heterocycles. The van der Waals surface area contributed by atoms with Crippen LogP contribution in [0, 0.1) is 11.0 Å². The van der Waals surface area contributed by atoms with E-state index in [0.717, 1.165) is 0 Å². The van der Waals surface area contributed by atoms with Gasteiger partial charge in [-0.2, -0.15) is 4.74 Å². The quantitative estimate of drug-likeness (QED) is 0.345. The lowest BCUT2D eigenvalue weighted by Crippen LogP contribution is -1.99. The van der Waals surface area contributed by atoms with Gasteiger partial charge in [0.25, 0.3) is 0 Å². The highest BCUT2D eigenvalue weighted by Gasteiger charge is 2.04. The zero-order chi connectivity index (χ0) is 12.3. The summed E-state index contributed by atoms with van der Waals surface area (Å²) in [5.74, 6) is -0.375. The minimum Gasteiger partial charge on any atom is -0.618 e. The van der Waals surface area contributed by atoms with E-state index < -0.39 is 0 Å². The van der Waals surface area contributed by atoms with E-state index in [2.05, 4.69) is 0 Å². The largest absolute Gasteiger partial charge is 0.618 e. The van der Waals surface area contributed by atoms with E-state index in [1.807, 2.05) is 0 Å². The van der Waals surface area contributed by atoms with Crippen molar-refractivity contribution < 1.29 is 9.13 Å². The third-order valence-electron chi connectivity index (χ3n) is 2.24. The number of hydrogen-bond acceptors (Lipinski definition) is 1. The average Bonchev–Trinajstić information content (AvgIpc) is 2.33. The number of nitrogens with zero attached hydrogens (tertiary/aromatic N) is 1. The molecule has 0 fully saturated rings. The van der Waals surface area contributed by atoms with Crippen LogP contribution in [0.1, 0.15) is 5.56 Å². The first-order valence-corrected chi connectivity index (χ1v) is 5.36. The van der Waals surface area contributed by atoms with Crippen LogP contribution in [0.3, 0.4) is 0 Å². The fraction of sp³-hybridized carbons (Fsp3) is 0. The number of benzene rings is 2. The maximum Gasteiger partial charge on any atom is 0.216 e. The Morgan fingerprint density at radius 1 is 1.06 bits per heavy atom. The first-order chi connectivity index (χ1) is 8.16. The molecule has 2 aromatic rings. The molecule has 4 heteroatoms. The van der Waals surface area contributed by atoms with E-state index in [-0.39, 0.29) is 5.82 Å². The monoisotopic (exact) mass is 249 g/mol. The average molecular weight is 250 g/mol. The predicted octanol–water partition coefficient (Wildman–Crippen LogP) is 3.74. The molecule has 0 aliphatic carbocycles. The van der Waals surface area contributed by atoms with E-state index in [4.69, 9.17) is 11.6 Å². The predicted molar refractivity (Wildman–Crippen MR) is 66.3 cm³/mol. The molecule has 0 heterocycles. The summed E-state index contributed by atoms with van der Waals surface area (Å²) in [6.07, 6.45) is 1.36. The van der Waals surface area contributed by atoms with Gasteiger partial charge in [-0.1, -0.05) is 23.7 Å². The molecule has 0 aliphatic heterocycles. The number of rotatable bonds is 2. The standard InChI is InChI=1S/C13H9ClFNO/c14-13-4-2-1-3-10(13)9-16(17)12-7-5-11(15)6-8-12/h1-9H. The summed E-state index contributed by atoms with van der Waals surface area (Å²) in [6, 6.07) is 12.3. The summed E-state index contributed by atoms with van der Waals surface area (Å²) < 4.78 is 13.3. The molecule has 2 rings (SSSR count). The maximum atomic E-state index is 12.7. The topological polar surface area (TPSA) is 26.1 Å². The molecule has 0 saturated carbocycles. The molecule has 0 bridgehead atoms. The van der Waals surface area contributed by atoms with Crippen LogP contribution < -0.4 is 0 Å². The van der Waals surface area contributed by atoms with Gasteiger partial charge < -0.3 is 5.21 Å². The Kier molecular flexibility index (Phi) is 3.40. The normalized spacial score (nSPS) is 11.5. The minimum atomic E-state index is -0.375. The van der Waals surface area contributed by atoms with Gasteiger partial charge in [-0.3, -0.25) is 0 Å². The Balaban J connectivity index is 2.34. The van der Waals surface area contributed by atoms with E-state index in [1.165, 1.54) is 30.5 Å². The highest BCUT2D eigenvalue weighted by Crippen LogP contribution is 2.15. The van der Waals surface area contributed by atoms with Crippen LogP contribution in [-0.4, -0.2) is 11.0 Å². The zero-order valence-electron chi connectivity index (χ0n) is 8.81. The van der Waals surface area contributed by atoms with Crippen LogP contribution in [0.5, 0.6) is 0 Å². The second kappa shape index (κ2) is 4.97. The first-order valence-electron chi connectivity index (χ1n) is 4.98. The molecular formula is C13H9ClFNO. The molecule has 0 radical (unpaired) electrons. The molecular weight excluding hydrogens is 241 g/mol. The molecule has 0 spiro atoms. The van der Waals surface area contributed by atoms with Crippen molar-refractivity contribution in [2.24, 2.45) is 0 Å². The van der Waals surface area contributed by atoms with Crippen LogP contribution in [0.2, 0.25) is 5.02 Å². The molecule has 0 amide bonds. The Bertz CT molecular complexity index is 552. The molecule has 0 N–H and O–H groups in total. The lowest BCUT2D eigenvalue weighted by molar-refractivity contribution is -0.354. The van der Waals surface area contributed by atoms with Gasteiger partial charge >= 0.3 is 0 Å². The summed E-state index contributed by atoms with van der Waals surface area (Å²) in [4.78, 5) is 0. The second-order valence-electron chi connectivity index (χ2n) is 3.45. The Morgan fingerprint density at radius 3 is 2.35 bits per heavy atom. The SMILES string of the molecule is [O-][N+](=Cc1ccccc1Cl)c1ccc(F)cc1. The summed E-state index contributed by atoms with van der Waals surface area (Å²) >= 11 is 5.92. The van der Waals surface area contributed by atoms with Gasteiger partial charge in [0.15, 0.2) is 6.21 Å². The smallest absolute Gasteiger partial charge is 0.216 e. The minimum absolute atomic E-state index is 0.353. The van der Waals surface area contributed by atoms with Crippen molar-refractivity contribution in [2.75, 3.05) is 0 Å². The summed E-state index contributed by atoms with van der Waals surface area (Å²) in [6.45, 7) is 0. The Labute approximate surface area is 103 Å². The molecule has 0 aliphatic rings. The van der Waals surface area contributed by atoms with Gasteiger partial charge in [0.1, 0.15) is 5.82 Å². The summed E-state index contributed by atoms with van der Waals surface area (Å²) in [7, 11) is 0. The van der Waals surface area contributed by atoms with Gasteiger partial charge in [0.2, 0.25) is 5.69 Å². The van der Waals surface area contributed by atoms with Crippen molar-refractivity contribution in [1.82, 2.24) is 0 Å². The van der Waals surface area contributed by atoms with Crippen LogP contribution in [0.15, 0.2) is 48.5 Å². The Morgan fingerprint density at radius 2 is 1.71 bits per heavy atom. The summed E-state index contributed by atoms with van der Waals surface area (Å²) in [5, 5.41) is 12.3. The second-order valence-corrected chi connectivity index (χ2v) is 3.86. The van der Waals surface area contributed by atoms with Gasteiger partial charge in [-0.05, 0) is 24.3 Å². The van der Waals surface area contributed by atoms with Gasteiger partial charge in [-0.15, -0.1) is 0 Å². The van der Waals surface area contributed by atoms with Crippen molar-refractivity contribution >= 4 is 23.5 Å². The molecule has 17 heavy (non-hydrogen) atoms. The van der Waals surface area contributed by atoms with E-state index in [1.54, 1.807) is 24.3 Å². The van der Waals surface area contributed by atoms with Gasteiger partial charge in [0.05, 0.1) is 10.6 Å².